The van der Waals surface area contributed by atoms with Crippen LogP contribution < -0.4 is 5.73 Å². The first-order valence-corrected chi connectivity index (χ1v) is 3.51. The Morgan fingerprint density at radius 1 is 1.50 bits per heavy atom. The molecule has 0 fully saturated rings. The molecule has 1 rings (SSSR count). The van der Waals surface area contributed by atoms with E-state index in [4.69, 9.17) is 10.8 Å². The van der Waals surface area contributed by atoms with Gasteiger partial charge in [-0.05, 0) is 18.2 Å². The summed E-state index contributed by atoms with van der Waals surface area (Å²) in [4.78, 5) is 0. The van der Waals surface area contributed by atoms with Gasteiger partial charge in [0.2, 0.25) is 0 Å². The van der Waals surface area contributed by atoms with Crippen LogP contribution in [-0.4, -0.2) is 16.8 Å². The molecule has 0 spiro atoms. The molecule has 0 radical (unpaired) electrons. The van der Waals surface area contributed by atoms with Crippen LogP contribution in [0.15, 0.2) is 18.2 Å². The number of phenolic OH excluding ortho intramolecular Hbond substituents is 1. The number of hydrogen-bond acceptors (Lipinski definition) is 3. The minimum Gasteiger partial charge on any atom is -0.508 e. The van der Waals surface area contributed by atoms with Crippen molar-refractivity contribution in [3.63, 3.8) is 0 Å². The van der Waals surface area contributed by atoms with E-state index in [0.717, 1.165) is 12.1 Å². The Hall–Kier alpha value is -1.13. The molecular formula is C8H10FNO2. The Morgan fingerprint density at radius 3 is 2.75 bits per heavy atom. The smallest absolute Gasteiger partial charge is 0.123 e. The van der Waals surface area contributed by atoms with Crippen LogP contribution in [0.25, 0.3) is 0 Å². The number of aliphatic hydroxyl groups excluding tert-OH is 1. The summed E-state index contributed by atoms with van der Waals surface area (Å²) >= 11 is 0. The maximum atomic E-state index is 12.6. The zero-order chi connectivity index (χ0) is 9.14. The molecule has 1 aromatic rings. The first-order valence-electron chi connectivity index (χ1n) is 3.51. The van der Waals surface area contributed by atoms with Crippen molar-refractivity contribution in [1.29, 1.82) is 0 Å². The lowest BCUT2D eigenvalue weighted by atomic mass is 10.1. The number of rotatable bonds is 2. The zero-order valence-corrected chi connectivity index (χ0v) is 6.37. The average molecular weight is 171 g/mol. The molecule has 66 valence electrons. The van der Waals surface area contributed by atoms with Gasteiger partial charge >= 0.3 is 0 Å². The van der Waals surface area contributed by atoms with E-state index in [2.05, 4.69) is 0 Å². The molecule has 4 heteroatoms. The predicted molar refractivity (Wildman–Crippen MR) is 42.1 cm³/mol. The van der Waals surface area contributed by atoms with E-state index in [1.54, 1.807) is 0 Å². The standard InChI is InChI=1S/C8H10FNO2/c9-5-1-2-7(11)6(3-5)8(12)4-10/h1-3,8,11-12H,4,10H2/t8-/m0/s1. The summed E-state index contributed by atoms with van der Waals surface area (Å²) in [7, 11) is 0. The van der Waals surface area contributed by atoms with E-state index in [1.165, 1.54) is 6.07 Å². The van der Waals surface area contributed by atoms with Gasteiger partial charge in [-0.1, -0.05) is 0 Å². The van der Waals surface area contributed by atoms with Crippen LogP contribution in [-0.2, 0) is 0 Å². The SMILES string of the molecule is NC[C@H](O)c1cc(F)ccc1O. The number of benzene rings is 1. The molecule has 0 amide bonds. The number of aromatic hydroxyl groups is 1. The summed E-state index contributed by atoms with van der Waals surface area (Å²) in [6, 6.07) is 3.36. The van der Waals surface area contributed by atoms with E-state index in [9.17, 15) is 9.50 Å². The van der Waals surface area contributed by atoms with Crippen LogP contribution >= 0.6 is 0 Å². The van der Waals surface area contributed by atoms with Gasteiger partial charge in [-0.2, -0.15) is 0 Å². The third-order valence-corrected chi connectivity index (χ3v) is 1.57. The second-order valence-electron chi connectivity index (χ2n) is 2.45. The first kappa shape index (κ1) is 8.96. The van der Waals surface area contributed by atoms with Crippen molar-refractivity contribution in [2.24, 2.45) is 5.73 Å². The number of halogens is 1. The van der Waals surface area contributed by atoms with Crippen molar-refractivity contribution >= 4 is 0 Å². The fraction of sp³-hybridized carbons (Fsp3) is 0.250. The predicted octanol–water partition coefficient (Wildman–Crippen LogP) is 0.523. The molecule has 1 aromatic carbocycles. The zero-order valence-electron chi connectivity index (χ0n) is 6.37. The van der Waals surface area contributed by atoms with E-state index < -0.39 is 11.9 Å². The molecule has 0 aromatic heterocycles. The Kier molecular flexibility index (Phi) is 2.62. The van der Waals surface area contributed by atoms with Gasteiger partial charge in [0, 0.05) is 12.1 Å². The maximum Gasteiger partial charge on any atom is 0.123 e. The van der Waals surface area contributed by atoms with Gasteiger partial charge in [-0.15, -0.1) is 0 Å². The minimum absolute atomic E-state index is 0.0446. The summed E-state index contributed by atoms with van der Waals surface area (Å²) in [5.74, 6) is -0.648. The van der Waals surface area contributed by atoms with Crippen molar-refractivity contribution in [3.05, 3.63) is 29.6 Å². The second-order valence-corrected chi connectivity index (χ2v) is 2.45. The molecule has 0 saturated heterocycles. The molecule has 4 N–H and O–H groups in total. The molecular weight excluding hydrogens is 161 g/mol. The molecule has 1 atom stereocenters. The Balaban J connectivity index is 3.04. The van der Waals surface area contributed by atoms with Crippen molar-refractivity contribution in [3.8, 4) is 5.75 Å². The molecule has 0 unspecified atom stereocenters. The third kappa shape index (κ3) is 1.72. The van der Waals surface area contributed by atoms with Gasteiger partial charge < -0.3 is 15.9 Å². The second kappa shape index (κ2) is 3.51. The first-order chi connectivity index (χ1) is 5.65. The normalized spacial score (nSPS) is 12.9. The molecule has 0 bridgehead atoms. The molecule has 0 aliphatic heterocycles. The van der Waals surface area contributed by atoms with Crippen LogP contribution in [0, 0.1) is 5.82 Å². The van der Waals surface area contributed by atoms with E-state index in [0.29, 0.717) is 0 Å². The lowest BCUT2D eigenvalue weighted by molar-refractivity contribution is 0.182. The highest BCUT2D eigenvalue weighted by atomic mass is 19.1. The van der Waals surface area contributed by atoms with Crippen molar-refractivity contribution < 1.29 is 14.6 Å². The van der Waals surface area contributed by atoms with E-state index in [-0.39, 0.29) is 17.9 Å². The van der Waals surface area contributed by atoms with Crippen LogP contribution in [0.1, 0.15) is 11.7 Å². The lowest BCUT2D eigenvalue weighted by Crippen LogP contribution is -2.11. The van der Waals surface area contributed by atoms with Crippen molar-refractivity contribution in [2.45, 2.75) is 6.10 Å². The maximum absolute atomic E-state index is 12.6. The lowest BCUT2D eigenvalue weighted by Gasteiger charge is -2.09. The van der Waals surface area contributed by atoms with Crippen molar-refractivity contribution in [2.75, 3.05) is 6.54 Å². The average Bonchev–Trinajstić information content (AvgIpc) is 2.08. The molecule has 0 aliphatic rings. The van der Waals surface area contributed by atoms with Crippen molar-refractivity contribution in [1.82, 2.24) is 0 Å². The fourth-order valence-corrected chi connectivity index (χ4v) is 0.919. The Labute approximate surface area is 69.3 Å². The molecule has 0 aliphatic carbocycles. The van der Waals surface area contributed by atoms with Gasteiger partial charge in [0.05, 0.1) is 6.10 Å². The third-order valence-electron chi connectivity index (χ3n) is 1.57. The monoisotopic (exact) mass is 171 g/mol. The highest BCUT2D eigenvalue weighted by Crippen LogP contribution is 2.23. The molecule has 12 heavy (non-hydrogen) atoms. The number of hydrogen-bond donors (Lipinski definition) is 3. The molecule has 3 nitrogen and oxygen atoms in total. The van der Waals surface area contributed by atoms with Gasteiger partial charge in [0.1, 0.15) is 11.6 Å². The van der Waals surface area contributed by atoms with E-state index in [1.807, 2.05) is 0 Å². The topological polar surface area (TPSA) is 66.5 Å². The van der Waals surface area contributed by atoms with Crippen LogP contribution in [0.3, 0.4) is 0 Å². The largest absolute Gasteiger partial charge is 0.508 e. The summed E-state index contributed by atoms with van der Waals surface area (Å²) in [6.45, 7) is -0.0446. The van der Waals surface area contributed by atoms with E-state index >= 15 is 0 Å². The summed E-state index contributed by atoms with van der Waals surface area (Å²) in [5, 5.41) is 18.3. The Morgan fingerprint density at radius 2 is 2.17 bits per heavy atom. The van der Waals surface area contributed by atoms with Gasteiger partial charge in [0.15, 0.2) is 0 Å². The number of nitrogens with two attached hydrogens (primary N) is 1. The van der Waals surface area contributed by atoms with Gasteiger partial charge in [-0.3, -0.25) is 0 Å². The van der Waals surface area contributed by atoms with Gasteiger partial charge in [-0.25, -0.2) is 4.39 Å². The van der Waals surface area contributed by atoms with Crippen LogP contribution in [0.2, 0.25) is 0 Å². The summed E-state index contributed by atoms with van der Waals surface area (Å²) < 4.78 is 12.6. The molecule has 0 heterocycles. The van der Waals surface area contributed by atoms with Crippen LogP contribution in [0.4, 0.5) is 4.39 Å². The van der Waals surface area contributed by atoms with Gasteiger partial charge in [0.25, 0.3) is 0 Å². The molecule has 0 saturated carbocycles. The highest BCUT2D eigenvalue weighted by Gasteiger charge is 2.10. The number of aliphatic hydroxyl groups is 1. The fourth-order valence-electron chi connectivity index (χ4n) is 0.919. The minimum atomic E-state index is -1.01. The quantitative estimate of drug-likeness (QED) is 0.607. The number of phenols is 1. The summed E-state index contributed by atoms with van der Waals surface area (Å²) in [5.41, 5.74) is 5.26. The Bertz CT molecular complexity index is 278. The van der Waals surface area contributed by atoms with Crippen LogP contribution in [0.5, 0.6) is 5.75 Å². The highest BCUT2D eigenvalue weighted by molar-refractivity contribution is 5.34. The summed E-state index contributed by atoms with van der Waals surface area (Å²) in [6.07, 6.45) is -1.01.